The molecule has 0 atom stereocenters. The van der Waals surface area contributed by atoms with Gasteiger partial charge in [0.05, 0.1) is 9.77 Å². The van der Waals surface area contributed by atoms with Crippen LogP contribution in [0.15, 0.2) is 11.0 Å². The van der Waals surface area contributed by atoms with Crippen molar-refractivity contribution in [3.63, 3.8) is 0 Å². The quantitative estimate of drug-likeness (QED) is 0.885. The van der Waals surface area contributed by atoms with Crippen molar-refractivity contribution in [2.75, 3.05) is 7.05 Å². The number of nitrogens with one attached hydrogen (secondary N) is 2. The maximum atomic E-state index is 12.2. The minimum atomic E-state index is -3.59. The predicted molar refractivity (Wildman–Crippen MR) is 72.5 cm³/mol. The Morgan fingerprint density at radius 3 is 2.33 bits per heavy atom. The van der Waals surface area contributed by atoms with E-state index in [4.69, 9.17) is 0 Å². The number of hydrogen-bond acceptors (Lipinski definition) is 4. The SMILES string of the molecule is CNC(=O)c1cc(S(=O)(=O)NC(C)(C)C)c(C)s1. The molecule has 18 heavy (non-hydrogen) atoms. The summed E-state index contributed by atoms with van der Waals surface area (Å²) in [5.41, 5.74) is -0.555. The van der Waals surface area contributed by atoms with Crippen molar-refractivity contribution in [2.24, 2.45) is 0 Å². The molecule has 0 fully saturated rings. The van der Waals surface area contributed by atoms with Crippen molar-refractivity contribution in [3.05, 3.63) is 15.8 Å². The average Bonchev–Trinajstić information content (AvgIpc) is 2.56. The molecule has 0 bridgehead atoms. The molecule has 5 nitrogen and oxygen atoms in total. The minimum Gasteiger partial charge on any atom is -0.354 e. The third-order valence-corrected chi connectivity index (χ3v) is 5.12. The molecular weight excluding hydrogens is 272 g/mol. The first-order chi connectivity index (χ1) is 8.07. The monoisotopic (exact) mass is 290 g/mol. The van der Waals surface area contributed by atoms with Crippen molar-refractivity contribution in [1.82, 2.24) is 10.0 Å². The summed E-state index contributed by atoms with van der Waals surface area (Å²) in [4.78, 5) is 12.6. The molecule has 1 heterocycles. The fourth-order valence-electron chi connectivity index (χ4n) is 1.43. The van der Waals surface area contributed by atoms with Crippen molar-refractivity contribution in [3.8, 4) is 0 Å². The van der Waals surface area contributed by atoms with E-state index in [1.807, 2.05) is 0 Å². The summed E-state index contributed by atoms with van der Waals surface area (Å²) in [6.45, 7) is 7.00. The maximum Gasteiger partial charge on any atom is 0.261 e. The van der Waals surface area contributed by atoms with Crippen LogP contribution < -0.4 is 10.0 Å². The van der Waals surface area contributed by atoms with Crippen LogP contribution in [0.2, 0.25) is 0 Å². The lowest BCUT2D eigenvalue weighted by atomic mass is 10.1. The van der Waals surface area contributed by atoms with Crippen LogP contribution in [0.25, 0.3) is 0 Å². The summed E-state index contributed by atoms with van der Waals surface area (Å²) in [5, 5.41) is 2.48. The molecule has 0 saturated heterocycles. The predicted octanol–water partition coefficient (Wildman–Crippen LogP) is 1.49. The van der Waals surface area contributed by atoms with E-state index in [9.17, 15) is 13.2 Å². The van der Waals surface area contributed by atoms with Gasteiger partial charge in [0, 0.05) is 17.5 Å². The minimum absolute atomic E-state index is 0.168. The van der Waals surface area contributed by atoms with E-state index in [2.05, 4.69) is 10.0 Å². The van der Waals surface area contributed by atoms with Gasteiger partial charge in [0.1, 0.15) is 0 Å². The number of aryl methyl sites for hydroxylation is 1. The van der Waals surface area contributed by atoms with Crippen LogP contribution in [0, 0.1) is 6.92 Å². The Morgan fingerprint density at radius 1 is 1.33 bits per heavy atom. The number of carbonyl (C=O) groups excluding carboxylic acids is 1. The largest absolute Gasteiger partial charge is 0.354 e. The topological polar surface area (TPSA) is 75.3 Å². The number of thiophene rings is 1. The molecule has 0 aromatic carbocycles. The van der Waals surface area contributed by atoms with E-state index in [0.717, 1.165) is 0 Å². The Hall–Kier alpha value is -0.920. The Kier molecular flexibility index (Phi) is 4.19. The van der Waals surface area contributed by atoms with Crippen LogP contribution in [-0.2, 0) is 10.0 Å². The van der Waals surface area contributed by atoms with Crippen molar-refractivity contribution in [1.29, 1.82) is 0 Å². The lowest BCUT2D eigenvalue weighted by Crippen LogP contribution is -2.40. The summed E-state index contributed by atoms with van der Waals surface area (Å²) >= 11 is 1.17. The number of sulfonamides is 1. The molecule has 0 aliphatic heterocycles. The average molecular weight is 290 g/mol. The number of hydrogen-bond donors (Lipinski definition) is 2. The summed E-state index contributed by atoms with van der Waals surface area (Å²) in [6.07, 6.45) is 0. The van der Waals surface area contributed by atoms with E-state index in [1.54, 1.807) is 27.7 Å². The molecule has 1 amide bonds. The molecule has 0 spiro atoms. The molecule has 0 aliphatic carbocycles. The highest BCUT2D eigenvalue weighted by Gasteiger charge is 2.26. The molecule has 1 rings (SSSR count). The van der Waals surface area contributed by atoms with E-state index in [1.165, 1.54) is 24.5 Å². The lowest BCUT2D eigenvalue weighted by molar-refractivity contribution is 0.0967. The lowest BCUT2D eigenvalue weighted by Gasteiger charge is -2.20. The fourth-order valence-corrected chi connectivity index (χ4v) is 4.38. The third kappa shape index (κ3) is 3.54. The second kappa shape index (κ2) is 4.99. The molecular formula is C11H18N2O3S2. The molecule has 0 saturated carbocycles. The van der Waals surface area contributed by atoms with E-state index >= 15 is 0 Å². The molecule has 0 unspecified atom stereocenters. The highest BCUT2D eigenvalue weighted by atomic mass is 32.2. The second-order valence-electron chi connectivity index (χ2n) is 4.97. The van der Waals surface area contributed by atoms with Gasteiger partial charge >= 0.3 is 0 Å². The fraction of sp³-hybridized carbons (Fsp3) is 0.545. The van der Waals surface area contributed by atoms with Crippen LogP contribution in [-0.4, -0.2) is 26.9 Å². The molecule has 102 valence electrons. The molecule has 0 aliphatic rings. The summed E-state index contributed by atoms with van der Waals surface area (Å²) in [5.74, 6) is -0.277. The van der Waals surface area contributed by atoms with Crippen LogP contribution in [0.3, 0.4) is 0 Å². The Balaban J connectivity index is 3.18. The zero-order valence-corrected chi connectivity index (χ0v) is 12.8. The van der Waals surface area contributed by atoms with E-state index < -0.39 is 15.6 Å². The van der Waals surface area contributed by atoms with E-state index in [0.29, 0.717) is 9.75 Å². The molecule has 7 heteroatoms. The Labute approximate surface area is 112 Å². The van der Waals surface area contributed by atoms with Crippen molar-refractivity contribution < 1.29 is 13.2 Å². The number of amides is 1. The van der Waals surface area contributed by atoms with Crippen molar-refractivity contribution in [2.45, 2.75) is 38.1 Å². The zero-order valence-electron chi connectivity index (χ0n) is 11.1. The van der Waals surface area contributed by atoms with Gasteiger partial charge in [-0.3, -0.25) is 4.79 Å². The summed E-state index contributed by atoms with van der Waals surface area (Å²) < 4.78 is 26.9. The standard InChI is InChI=1S/C11H18N2O3S2/c1-7-9(6-8(17-7)10(14)12-5)18(15,16)13-11(2,3)4/h6,13H,1-5H3,(H,12,14). The van der Waals surface area contributed by atoms with Crippen LogP contribution in [0.4, 0.5) is 0 Å². The smallest absolute Gasteiger partial charge is 0.261 e. The van der Waals surface area contributed by atoms with Gasteiger partial charge in [-0.1, -0.05) is 0 Å². The van der Waals surface area contributed by atoms with Gasteiger partial charge in [0.25, 0.3) is 5.91 Å². The van der Waals surface area contributed by atoms with Gasteiger partial charge in [-0.25, -0.2) is 13.1 Å². The maximum absolute atomic E-state index is 12.2. The van der Waals surface area contributed by atoms with Crippen molar-refractivity contribution >= 4 is 27.3 Å². The normalized spacial score (nSPS) is 12.5. The Bertz CT molecular complexity index is 553. The van der Waals surface area contributed by atoms with Crippen LogP contribution >= 0.6 is 11.3 Å². The van der Waals surface area contributed by atoms with Gasteiger partial charge < -0.3 is 5.32 Å². The van der Waals surface area contributed by atoms with E-state index in [-0.39, 0.29) is 10.8 Å². The second-order valence-corrected chi connectivity index (χ2v) is 7.87. The van der Waals surface area contributed by atoms with Crippen LogP contribution in [0.5, 0.6) is 0 Å². The highest BCUT2D eigenvalue weighted by Crippen LogP contribution is 2.26. The third-order valence-electron chi connectivity index (χ3n) is 2.05. The van der Waals surface area contributed by atoms with Gasteiger partial charge in [-0.05, 0) is 33.8 Å². The summed E-state index contributed by atoms with van der Waals surface area (Å²) in [7, 11) is -2.08. The van der Waals surface area contributed by atoms with Gasteiger partial charge in [-0.15, -0.1) is 11.3 Å². The first-order valence-corrected chi connectivity index (χ1v) is 7.73. The first kappa shape index (κ1) is 15.1. The summed E-state index contributed by atoms with van der Waals surface area (Å²) in [6, 6.07) is 1.41. The van der Waals surface area contributed by atoms with Crippen LogP contribution in [0.1, 0.15) is 35.3 Å². The highest BCUT2D eigenvalue weighted by molar-refractivity contribution is 7.89. The first-order valence-electron chi connectivity index (χ1n) is 5.43. The Morgan fingerprint density at radius 2 is 1.89 bits per heavy atom. The molecule has 0 radical (unpaired) electrons. The number of carbonyl (C=O) groups is 1. The van der Waals surface area contributed by atoms with Gasteiger partial charge in [0.2, 0.25) is 10.0 Å². The molecule has 1 aromatic rings. The molecule has 2 N–H and O–H groups in total. The zero-order chi connectivity index (χ0) is 14.1. The van der Waals surface area contributed by atoms with Gasteiger partial charge in [0.15, 0.2) is 0 Å². The van der Waals surface area contributed by atoms with Gasteiger partial charge in [-0.2, -0.15) is 0 Å². The molecule has 1 aromatic heterocycles. The number of rotatable bonds is 3.